The van der Waals surface area contributed by atoms with E-state index in [1.54, 1.807) is 0 Å². The molecule has 166 valence electrons. The molecule has 0 unspecified atom stereocenters. The maximum Gasteiger partial charge on any atom is 1.00 e. The van der Waals surface area contributed by atoms with Crippen molar-refractivity contribution in [3.05, 3.63) is 34.6 Å². The number of sulfonamides is 1. The fraction of sp³-hybridized carbons (Fsp3) is 0.235. The first-order chi connectivity index (χ1) is 14.6. The molecule has 13 nitrogen and oxygen atoms in total. The van der Waals surface area contributed by atoms with E-state index in [0.717, 1.165) is 11.0 Å². The van der Waals surface area contributed by atoms with Crippen LogP contribution in [0.4, 0.5) is 16.4 Å². The minimum atomic E-state index is -4.67. The van der Waals surface area contributed by atoms with Gasteiger partial charge in [0.15, 0.2) is 12.0 Å². The molecule has 0 fully saturated rings. The number of amides is 4. The fourth-order valence-electron chi connectivity index (χ4n) is 2.26. The van der Waals surface area contributed by atoms with Gasteiger partial charge in [-0.3, -0.25) is 14.4 Å². The molecule has 32 heavy (non-hydrogen) atoms. The van der Waals surface area contributed by atoms with E-state index in [9.17, 15) is 22.8 Å². The number of ether oxygens (including phenoxy) is 2. The van der Waals surface area contributed by atoms with Gasteiger partial charge in [0.1, 0.15) is 0 Å². The van der Waals surface area contributed by atoms with Gasteiger partial charge in [0, 0.05) is 19.8 Å². The Balaban J connectivity index is 0.00000512. The first-order valence-corrected chi connectivity index (χ1v) is 9.87. The van der Waals surface area contributed by atoms with E-state index in [1.807, 2.05) is 0 Å². The first kappa shape index (κ1) is 27.1. The number of hydrogen-bond acceptors (Lipinski definition) is 9. The van der Waals surface area contributed by atoms with Gasteiger partial charge in [-0.05, 0) is 18.2 Å². The molecule has 0 saturated heterocycles. The molecule has 2 N–H and O–H groups in total. The molecule has 1 aromatic heterocycles. The zero-order valence-electron chi connectivity index (χ0n) is 17.9. The number of aromatic nitrogens is 2. The summed E-state index contributed by atoms with van der Waals surface area (Å²) < 4.78 is 38.6. The molecule has 0 aliphatic carbocycles. The minimum absolute atomic E-state index is 0. The van der Waals surface area contributed by atoms with E-state index in [0.29, 0.717) is 6.41 Å². The zero-order valence-corrected chi connectivity index (χ0v) is 20.8. The number of carbonyl (C=O) groups is 3. The van der Waals surface area contributed by atoms with Crippen LogP contribution in [-0.4, -0.2) is 69.9 Å². The summed E-state index contributed by atoms with van der Waals surface area (Å²) in [7, 11) is 0.830. The van der Waals surface area contributed by atoms with Gasteiger partial charge in [-0.25, -0.2) is 8.42 Å². The molecule has 0 saturated carbocycles. The molecule has 1 aromatic carbocycles. The van der Waals surface area contributed by atoms with E-state index in [4.69, 9.17) is 9.47 Å². The third-order valence-corrected chi connectivity index (χ3v) is 4.94. The van der Waals surface area contributed by atoms with E-state index in [2.05, 4.69) is 25.3 Å². The number of methoxy groups -OCH3 is 2. The van der Waals surface area contributed by atoms with Crippen LogP contribution in [0.5, 0.6) is 11.8 Å². The number of hydrogen-bond donors (Lipinski definition) is 2. The second kappa shape index (κ2) is 11.6. The maximum absolute atomic E-state index is 12.8. The third-order valence-electron chi connectivity index (χ3n) is 3.64. The molecular weight excluding hydrogens is 455 g/mol. The van der Waals surface area contributed by atoms with Crippen LogP contribution in [0.1, 0.15) is 10.4 Å². The molecule has 0 spiro atoms. The Kier molecular flexibility index (Phi) is 9.83. The van der Waals surface area contributed by atoms with Gasteiger partial charge in [-0.15, -0.1) is 0 Å². The van der Waals surface area contributed by atoms with Crippen LogP contribution in [0.3, 0.4) is 0 Å². The van der Waals surface area contributed by atoms with Gasteiger partial charge in [0.25, 0.3) is 5.91 Å². The Bertz CT molecular complexity index is 1090. The molecule has 0 atom stereocenters. The predicted molar refractivity (Wildman–Crippen MR) is 109 cm³/mol. The van der Waals surface area contributed by atoms with Crippen molar-refractivity contribution >= 4 is 40.0 Å². The van der Waals surface area contributed by atoms with E-state index >= 15 is 0 Å². The number of urea groups is 1. The summed E-state index contributed by atoms with van der Waals surface area (Å²) in [6.07, 6.45) is 0.330. The van der Waals surface area contributed by atoms with Crippen molar-refractivity contribution in [2.75, 3.05) is 38.9 Å². The molecule has 2 aromatic rings. The molecule has 0 radical (unpaired) electrons. The summed E-state index contributed by atoms with van der Waals surface area (Å²) in [6.45, 7) is 0. The molecule has 1 heterocycles. The average Bonchev–Trinajstić information content (AvgIpc) is 2.72. The van der Waals surface area contributed by atoms with Crippen LogP contribution in [0, 0.1) is 0 Å². The quantitative estimate of drug-likeness (QED) is 0.326. The van der Waals surface area contributed by atoms with E-state index < -0.39 is 26.9 Å². The molecule has 4 amide bonds. The number of nitrogens with zero attached hydrogens (tertiary/aromatic N) is 4. The molecule has 15 heteroatoms. The third kappa shape index (κ3) is 6.78. The Labute approximate surface area is 206 Å². The summed E-state index contributed by atoms with van der Waals surface area (Å²) in [4.78, 5) is 43.6. The molecular formula is C17H19N6NaO7S. The van der Waals surface area contributed by atoms with Gasteiger partial charge in [0.05, 0.1) is 30.7 Å². The van der Waals surface area contributed by atoms with Crippen molar-refractivity contribution in [3.63, 3.8) is 0 Å². The normalized spacial score (nSPS) is 10.2. The van der Waals surface area contributed by atoms with Crippen molar-refractivity contribution in [1.29, 1.82) is 0 Å². The Hall–Kier alpha value is -2.94. The summed E-state index contributed by atoms with van der Waals surface area (Å²) in [6, 6.07) is 3.56. The summed E-state index contributed by atoms with van der Waals surface area (Å²) >= 11 is 0. The van der Waals surface area contributed by atoms with Crippen molar-refractivity contribution in [1.82, 2.24) is 14.9 Å². The van der Waals surface area contributed by atoms with Crippen LogP contribution in [0.25, 0.3) is 4.72 Å². The Morgan fingerprint density at radius 3 is 2.19 bits per heavy atom. The van der Waals surface area contributed by atoms with Crippen molar-refractivity contribution in [2.45, 2.75) is 4.90 Å². The van der Waals surface area contributed by atoms with E-state index in [1.165, 1.54) is 46.5 Å². The van der Waals surface area contributed by atoms with Crippen LogP contribution < -0.4 is 49.7 Å². The van der Waals surface area contributed by atoms with Gasteiger partial charge in [0.2, 0.25) is 28.2 Å². The van der Waals surface area contributed by atoms with E-state index in [-0.39, 0.29) is 58.5 Å². The fourth-order valence-corrected chi connectivity index (χ4v) is 3.33. The van der Waals surface area contributed by atoms with Crippen LogP contribution in [0.15, 0.2) is 29.2 Å². The smallest absolute Gasteiger partial charge is 0.481 e. The van der Waals surface area contributed by atoms with Crippen molar-refractivity contribution < 1.29 is 61.8 Å². The second-order valence-corrected chi connectivity index (χ2v) is 7.52. The van der Waals surface area contributed by atoms with Crippen molar-refractivity contribution in [3.8, 4) is 11.8 Å². The Morgan fingerprint density at radius 1 is 1.09 bits per heavy atom. The van der Waals surface area contributed by atoms with Crippen LogP contribution >= 0.6 is 0 Å². The Morgan fingerprint density at radius 2 is 1.69 bits per heavy atom. The SMILES string of the molecule is COc1cc(OC)nc(NC(=O)[N-]S(=O)(=O)c2cc(NC=O)ccc2C(=O)N(C)C)n1.[Na+]. The maximum atomic E-state index is 12.8. The van der Waals surface area contributed by atoms with Crippen LogP contribution in [-0.2, 0) is 14.8 Å². The summed E-state index contributed by atoms with van der Waals surface area (Å²) in [5.41, 5.74) is -0.155. The monoisotopic (exact) mass is 474 g/mol. The topological polar surface area (TPSA) is 171 Å². The standard InChI is InChI=1S/C17H20N6O7S.Na/c1-23(2)15(25)11-6-5-10(18-9-24)7-12(11)31(27,28)22-17(26)21-16-19-13(29-3)8-14(20-16)30-4;/h5-9H,1-4H3,(H3,18,19,20,21,22,24,25,26);/q;+1/p-1. The number of carbonyl (C=O) groups excluding carboxylic acids is 3. The molecule has 0 aliphatic heterocycles. The van der Waals surface area contributed by atoms with Gasteiger partial charge >= 0.3 is 29.6 Å². The molecule has 0 bridgehead atoms. The molecule has 0 aliphatic rings. The zero-order chi connectivity index (χ0) is 23.2. The number of benzene rings is 1. The van der Waals surface area contributed by atoms with Crippen molar-refractivity contribution in [2.24, 2.45) is 0 Å². The summed E-state index contributed by atoms with van der Waals surface area (Å²) in [5, 5.41) is 4.37. The second-order valence-electron chi connectivity index (χ2n) is 5.95. The van der Waals surface area contributed by atoms with Crippen LogP contribution in [0.2, 0.25) is 0 Å². The predicted octanol–water partition coefficient (Wildman–Crippen LogP) is -1.94. The largest absolute Gasteiger partial charge is 1.00 e. The summed E-state index contributed by atoms with van der Waals surface area (Å²) in [5.74, 6) is -0.859. The number of nitrogens with one attached hydrogen (secondary N) is 2. The number of rotatable bonds is 8. The average molecular weight is 474 g/mol. The molecule has 2 rings (SSSR count). The minimum Gasteiger partial charge on any atom is -0.481 e. The van der Waals surface area contributed by atoms with Gasteiger partial charge in [-0.2, -0.15) is 9.97 Å². The number of anilines is 2. The first-order valence-electron chi connectivity index (χ1n) is 8.43. The van der Waals surface area contributed by atoms with Gasteiger partial charge in [-0.1, -0.05) is 0 Å². The van der Waals surface area contributed by atoms with Gasteiger partial charge < -0.3 is 29.7 Å².